The van der Waals surface area contributed by atoms with Gasteiger partial charge in [-0.25, -0.2) is 13.1 Å². The molecule has 1 aromatic rings. The van der Waals surface area contributed by atoms with Crippen LogP contribution in [0.3, 0.4) is 0 Å². The summed E-state index contributed by atoms with van der Waals surface area (Å²) < 4.78 is 28.2. The summed E-state index contributed by atoms with van der Waals surface area (Å²) in [6.07, 6.45) is 7.11. The van der Waals surface area contributed by atoms with E-state index in [1.807, 2.05) is 0 Å². The van der Waals surface area contributed by atoms with Crippen molar-refractivity contribution in [1.29, 1.82) is 0 Å². The van der Waals surface area contributed by atoms with E-state index in [0.717, 1.165) is 25.7 Å². The minimum Gasteiger partial charge on any atom is -0.330 e. The fraction of sp³-hybridized carbons (Fsp3) is 0.727. The highest BCUT2D eigenvalue weighted by molar-refractivity contribution is 7.89. The van der Waals surface area contributed by atoms with E-state index in [0.29, 0.717) is 13.1 Å². The third-order valence-electron chi connectivity index (χ3n) is 3.73. The normalized spacial score (nSPS) is 19.2. The summed E-state index contributed by atoms with van der Waals surface area (Å²) in [7, 11) is -1.77. The molecule has 0 saturated heterocycles. The largest absolute Gasteiger partial charge is 0.330 e. The Morgan fingerprint density at radius 2 is 2.17 bits per heavy atom. The third-order valence-corrected chi connectivity index (χ3v) is 5.08. The van der Waals surface area contributed by atoms with Crippen LogP contribution in [0.5, 0.6) is 0 Å². The number of hydrogen-bond donors (Lipinski definition) is 2. The van der Waals surface area contributed by atoms with E-state index in [1.165, 1.54) is 17.1 Å². The highest BCUT2D eigenvalue weighted by Gasteiger charge is 2.33. The number of nitrogens with zero attached hydrogens (tertiary/aromatic N) is 2. The molecule has 102 valence electrons. The number of rotatable bonds is 5. The van der Waals surface area contributed by atoms with Crippen molar-refractivity contribution in [2.45, 2.75) is 30.6 Å². The lowest BCUT2D eigenvalue weighted by atomic mass is 9.87. The lowest BCUT2D eigenvalue weighted by Crippen LogP contribution is -2.40. The van der Waals surface area contributed by atoms with Gasteiger partial charge < -0.3 is 5.73 Å². The van der Waals surface area contributed by atoms with Gasteiger partial charge in [-0.1, -0.05) is 12.8 Å². The Bertz CT molecular complexity index is 503. The smallest absolute Gasteiger partial charge is 0.243 e. The molecule has 1 heterocycles. The molecule has 2 rings (SSSR count). The first-order valence-electron chi connectivity index (χ1n) is 6.16. The Morgan fingerprint density at radius 3 is 2.67 bits per heavy atom. The zero-order valence-corrected chi connectivity index (χ0v) is 11.4. The summed E-state index contributed by atoms with van der Waals surface area (Å²) in [5.41, 5.74) is 5.73. The van der Waals surface area contributed by atoms with E-state index in [2.05, 4.69) is 9.82 Å². The lowest BCUT2D eigenvalue weighted by molar-refractivity contribution is 0.309. The standard InChI is InChI=1S/C11H20N4O2S/c1-15-7-10(6-13-15)18(16,17)14-9-11(8-12)4-2-3-5-11/h6-7,14H,2-5,8-9,12H2,1H3. The molecule has 0 unspecified atom stereocenters. The maximum atomic E-state index is 12.1. The Labute approximate surface area is 108 Å². The van der Waals surface area contributed by atoms with Gasteiger partial charge in [-0.15, -0.1) is 0 Å². The molecule has 6 nitrogen and oxygen atoms in total. The number of aryl methyl sites for hydroxylation is 1. The second-order valence-electron chi connectivity index (χ2n) is 5.09. The maximum Gasteiger partial charge on any atom is 0.243 e. The van der Waals surface area contributed by atoms with Crippen molar-refractivity contribution in [3.8, 4) is 0 Å². The molecule has 0 amide bonds. The topological polar surface area (TPSA) is 90.0 Å². The van der Waals surface area contributed by atoms with E-state index in [9.17, 15) is 8.42 Å². The molecule has 0 aromatic carbocycles. The molecule has 1 saturated carbocycles. The van der Waals surface area contributed by atoms with Crippen LogP contribution >= 0.6 is 0 Å². The fourth-order valence-corrected chi connectivity index (χ4v) is 3.59. The van der Waals surface area contributed by atoms with Crippen LogP contribution in [0.1, 0.15) is 25.7 Å². The second-order valence-corrected chi connectivity index (χ2v) is 6.85. The van der Waals surface area contributed by atoms with E-state index in [1.54, 1.807) is 7.05 Å². The Morgan fingerprint density at radius 1 is 1.50 bits per heavy atom. The summed E-state index contributed by atoms with van der Waals surface area (Å²) in [5, 5.41) is 3.87. The van der Waals surface area contributed by atoms with E-state index < -0.39 is 10.0 Å². The summed E-state index contributed by atoms with van der Waals surface area (Å²) >= 11 is 0. The van der Waals surface area contributed by atoms with E-state index in [4.69, 9.17) is 5.73 Å². The molecule has 0 radical (unpaired) electrons. The Hall–Kier alpha value is -0.920. The Kier molecular flexibility index (Phi) is 3.74. The Balaban J connectivity index is 2.05. The van der Waals surface area contributed by atoms with Gasteiger partial charge in [-0.3, -0.25) is 4.68 Å². The first-order valence-corrected chi connectivity index (χ1v) is 7.64. The third kappa shape index (κ3) is 2.73. The first-order chi connectivity index (χ1) is 8.47. The van der Waals surface area contributed by atoms with Gasteiger partial charge in [0, 0.05) is 19.8 Å². The molecule has 0 spiro atoms. The monoisotopic (exact) mass is 272 g/mol. The molecule has 1 aromatic heterocycles. The van der Waals surface area contributed by atoms with Gasteiger partial charge in [0.05, 0.1) is 6.20 Å². The summed E-state index contributed by atoms with van der Waals surface area (Å²) in [6, 6.07) is 0. The van der Waals surface area contributed by atoms with Crippen molar-refractivity contribution in [1.82, 2.24) is 14.5 Å². The predicted molar refractivity (Wildman–Crippen MR) is 68.4 cm³/mol. The average Bonchev–Trinajstić information content (AvgIpc) is 2.96. The van der Waals surface area contributed by atoms with Crippen LogP contribution < -0.4 is 10.5 Å². The van der Waals surface area contributed by atoms with Gasteiger partial charge in [0.25, 0.3) is 0 Å². The molecule has 0 atom stereocenters. The van der Waals surface area contributed by atoms with Gasteiger partial charge in [0.1, 0.15) is 4.90 Å². The summed E-state index contributed by atoms with van der Waals surface area (Å²) in [5.74, 6) is 0. The number of nitrogens with one attached hydrogen (secondary N) is 1. The van der Waals surface area contributed by atoms with Crippen LogP contribution in [0, 0.1) is 5.41 Å². The lowest BCUT2D eigenvalue weighted by Gasteiger charge is -2.27. The minimum atomic E-state index is -3.46. The van der Waals surface area contributed by atoms with Crippen LogP contribution in [-0.2, 0) is 17.1 Å². The van der Waals surface area contributed by atoms with Crippen molar-refractivity contribution in [2.24, 2.45) is 18.2 Å². The van der Waals surface area contributed by atoms with Gasteiger partial charge in [-0.2, -0.15) is 5.10 Å². The fourth-order valence-electron chi connectivity index (χ4n) is 2.45. The number of sulfonamides is 1. The molecule has 1 aliphatic carbocycles. The van der Waals surface area contributed by atoms with E-state index in [-0.39, 0.29) is 10.3 Å². The highest BCUT2D eigenvalue weighted by atomic mass is 32.2. The van der Waals surface area contributed by atoms with Crippen LogP contribution in [0.4, 0.5) is 0 Å². The van der Waals surface area contributed by atoms with Crippen LogP contribution in [0.25, 0.3) is 0 Å². The molecule has 0 bridgehead atoms. The van der Waals surface area contributed by atoms with E-state index >= 15 is 0 Å². The zero-order valence-electron chi connectivity index (χ0n) is 10.6. The average molecular weight is 272 g/mol. The van der Waals surface area contributed by atoms with Crippen molar-refractivity contribution in [3.05, 3.63) is 12.4 Å². The van der Waals surface area contributed by atoms with Crippen molar-refractivity contribution >= 4 is 10.0 Å². The zero-order chi connectivity index (χ0) is 13.2. The SMILES string of the molecule is Cn1cc(S(=O)(=O)NCC2(CN)CCCC2)cn1. The molecule has 1 fully saturated rings. The van der Waals surface area contributed by atoms with Crippen LogP contribution in [-0.4, -0.2) is 31.3 Å². The summed E-state index contributed by atoms with van der Waals surface area (Å²) in [6.45, 7) is 0.948. The van der Waals surface area contributed by atoms with Crippen molar-refractivity contribution in [2.75, 3.05) is 13.1 Å². The number of hydrogen-bond acceptors (Lipinski definition) is 4. The molecule has 7 heteroatoms. The van der Waals surface area contributed by atoms with Gasteiger partial charge in [0.15, 0.2) is 0 Å². The van der Waals surface area contributed by atoms with Crippen LogP contribution in [0.15, 0.2) is 17.3 Å². The number of nitrogens with two attached hydrogens (primary N) is 1. The summed E-state index contributed by atoms with van der Waals surface area (Å²) in [4.78, 5) is 0.204. The van der Waals surface area contributed by atoms with Gasteiger partial charge >= 0.3 is 0 Å². The first kappa shape index (κ1) is 13.5. The number of aromatic nitrogens is 2. The maximum absolute atomic E-state index is 12.1. The highest BCUT2D eigenvalue weighted by Crippen LogP contribution is 2.36. The van der Waals surface area contributed by atoms with Gasteiger partial charge in [-0.05, 0) is 24.8 Å². The molecule has 18 heavy (non-hydrogen) atoms. The minimum absolute atomic E-state index is 0.0602. The van der Waals surface area contributed by atoms with Crippen LogP contribution in [0.2, 0.25) is 0 Å². The van der Waals surface area contributed by atoms with Crippen molar-refractivity contribution < 1.29 is 8.42 Å². The quantitative estimate of drug-likeness (QED) is 0.802. The molecule has 1 aliphatic rings. The predicted octanol–water partition coefficient (Wildman–Crippen LogP) is 0.218. The van der Waals surface area contributed by atoms with Gasteiger partial charge in [0.2, 0.25) is 10.0 Å². The molecule has 0 aliphatic heterocycles. The molecular weight excluding hydrogens is 252 g/mol. The van der Waals surface area contributed by atoms with Crippen molar-refractivity contribution in [3.63, 3.8) is 0 Å². The molecular formula is C11H20N4O2S. The molecule has 3 N–H and O–H groups in total. The second kappa shape index (κ2) is 4.99.